The Bertz CT molecular complexity index is 904. The average Bonchev–Trinajstić information content (AvgIpc) is 2.65. The molecule has 0 amide bonds. The van der Waals surface area contributed by atoms with Gasteiger partial charge in [-0.3, -0.25) is 0 Å². The van der Waals surface area contributed by atoms with E-state index in [0.29, 0.717) is 23.1 Å². The van der Waals surface area contributed by atoms with Crippen molar-refractivity contribution in [2.75, 3.05) is 6.61 Å². The Morgan fingerprint density at radius 3 is 2.17 bits per heavy atom. The number of aromatic hydroxyl groups is 1. The summed E-state index contributed by atoms with van der Waals surface area (Å²) in [7, 11) is 0. The Balaban J connectivity index is 2.13. The molecule has 1 N–H and O–H groups in total. The van der Waals surface area contributed by atoms with Crippen molar-refractivity contribution in [1.82, 2.24) is 0 Å². The summed E-state index contributed by atoms with van der Waals surface area (Å²) in [6.45, 7) is 13.4. The number of phenolic OH excluding ortho intramolecular Hbond substituents is 1. The molecule has 3 nitrogen and oxygen atoms in total. The normalized spacial score (nSPS) is 11.5. The molecular formula is C26H32O3. The lowest BCUT2D eigenvalue weighted by Gasteiger charge is -2.29. The second kappa shape index (κ2) is 9.18. The standard InChI is InChI=1S/C26H32O3/c1-7-29-24(28)21-13-12-20(23(27)18-21)11-8-19-9-14-22(15-10-19)26(5,6)17-16-25(2,3)4/h9-10,12-15,18,27H,7,16-17H2,1-6H3. The molecule has 0 fully saturated rings. The molecule has 2 rings (SSSR count). The molecular weight excluding hydrogens is 360 g/mol. The number of carbonyl (C=O) groups excluding carboxylic acids is 1. The van der Waals surface area contributed by atoms with Crippen LogP contribution in [0.5, 0.6) is 5.75 Å². The number of hydrogen-bond donors (Lipinski definition) is 1. The molecule has 0 heterocycles. The smallest absolute Gasteiger partial charge is 0.338 e. The highest BCUT2D eigenvalue weighted by atomic mass is 16.5. The van der Waals surface area contributed by atoms with E-state index < -0.39 is 5.97 Å². The van der Waals surface area contributed by atoms with Gasteiger partial charge in [-0.05, 0) is 66.5 Å². The first-order valence-electron chi connectivity index (χ1n) is 10.1. The monoisotopic (exact) mass is 392 g/mol. The molecule has 2 aromatic carbocycles. The van der Waals surface area contributed by atoms with Gasteiger partial charge >= 0.3 is 5.97 Å². The third kappa shape index (κ3) is 6.68. The lowest BCUT2D eigenvalue weighted by Crippen LogP contribution is -2.20. The van der Waals surface area contributed by atoms with Gasteiger partial charge in [0.2, 0.25) is 0 Å². The number of ether oxygens (including phenoxy) is 1. The molecule has 0 aliphatic carbocycles. The highest BCUT2D eigenvalue weighted by Gasteiger charge is 2.23. The fourth-order valence-corrected chi connectivity index (χ4v) is 2.95. The minimum Gasteiger partial charge on any atom is -0.507 e. The van der Waals surface area contributed by atoms with E-state index in [2.05, 4.69) is 58.6 Å². The van der Waals surface area contributed by atoms with Crippen molar-refractivity contribution >= 4 is 5.97 Å². The molecule has 0 atom stereocenters. The molecule has 154 valence electrons. The second-order valence-corrected chi connectivity index (χ2v) is 9.22. The maximum absolute atomic E-state index is 11.7. The minimum atomic E-state index is -0.452. The first-order valence-corrected chi connectivity index (χ1v) is 10.1. The zero-order valence-corrected chi connectivity index (χ0v) is 18.4. The highest BCUT2D eigenvalue weighted by Crippen LogP contribution is 2.33. The lowest BCUT2D eigenvalue weighted by atomic mass is 9.76. The van der Waals surface area contributed by atoms with Crippen LogP contribution in [0.1, 0.15) is 81.4 Å². The molecule has 0 radical (unpaired) electrons. The van der Waals surface area contributed by atoms with Crippen LogP contribution in [0.2, 0.25) is 0 Å². The van der Waals surface area contributed by atoms with E-state index in [0.717, 1.165) is 12.0 Å². The van der Waals surface area contributed by atoms with Crippen LogP contribution in [-0.4, -0.2) is 17.7 Å². The van der Waals surface area contributed by atoms with Crippen molar-refractivity contribution < 1.29 is 14.6 Å². The summed E-state index contributed by atoms with van der Waals surface area (Å²) < 4.78 is 4.94. The Morgan fingerprint density at radius 1 is 0.966 bits per heavy atom. The van der Waals surface area contributed by atoms with E-state index in [1.807, 2.05) is 12.1 Å². The number of phenols is 1. The second-order valence-electron chi connectivity index (χ2n) is 9.22. The fourth-order valence-electron chi connectivity index (χ4n) is 2.95. The Labute approximate surface area is 175 Å². The first-order chi connectivity index (χ1) is 13.5. The molecule has 0 saturated carbocycles. The van der Waals surface area contributed by atoms with Gasteiger partial charge in [-0.15, -0.1) is 0 Å². The van der Waals surface area contributed by atoms with Gasteiger partial charge in [-0.25, -0.2) is 4.79 Å². The van der Waals surface area contributed by atoms with Crippen LogP contribution in [0, 0.1) is 17.3 Å². The molecule has 0 aliphatic rings. The van der Waals surface area contributed by atoms with E-state index in [1.165, 1.54) is 18.1 Å². The van der Waals surface area contributed by atoms with Crippen molar-refractivity contribution in [3.63, 3.8) is 0 Å². The summed E-state index contributed by atoms with van der Waals surface area (Å²) in [5.74, 6) is 5.59. The van der Waals surface area contributed by atoms with Crippen LogP contribution in [-0.2, 0) is 10.2 Å². The van der Waals surface area contributed by atoms with Crippen LogP contribution < -0.4 is 0 Å². The van der Waals surface area contributed by atoms with Gasteiger partial charge in [0, 0.05) is 5.56 Å². The summed E-state index contributed by atoms with van der Waals surface area (Å²) >= 11 is 0. The number of esters is 1. The summed E-state index contributed by atoms with van der Waals surface area (Å²) in [6, 6.07) is 13.0. The van der Waals surface area contributed by atoms with Gasteiger partial charge in [0.15, 0.2) is 0 Å². The largest absolute Gasteiger partial charge is 0.507 e. The maximum atomic E-state index is 11.7. The first kappa shape index (κ1) is 22.6. The fraction of sp³-hybridized carbons (Fsp3) is 0.423. The van der Waals surface area contributed by atoms with Crippen molar-refractivity contribution in [1.29, 1.82) is 0 Å². The zero-order valence-electron chi connectivity index (χ0n) is 18.4. The van der Waals surface area contributed by atoms with Crippen LogP contribution in [0.3, 0.4) is 0 Å². The van der Waals surface area contributed by atoms with E-state index in [4.69, 9.17) is 4.74 Å². The molecule has 0 bridgehead atoms. The molecule has 3 heteroatoms. The summed E-state index contributed by atoms with van der Waals surface area (Å²) in [6.07, 6.45) is 2.30. The van der Waals surface area contributed by atoms with Crippen molar-refractivity contribution in [2.45, 2.75) is 59.8 Å². The maximum Gasteiger partial charge on any atom is 0.338 e. The Kier molecular flexibility index (Phi) is 7.14. The predicted molar refractivity (Wildman–Crippen MR) is 118 cm³/mol. The van der Waals surface area contributed by atoms with Crippen LogP contribution in [0.4, 0.5) is 0 Å². The van der Waals surface area contributed by atoms with E-state index in [9.17, 15) is 9.90 Å². The van der Waals surface area contributed by atoms with E-state index in [-0.39, 0.29) is 11.2 Å². The van der Waals surface area contributed by atoms with Crippen molar-refractivity contribution in [3.8, 4) is 17.6 Å². The lowest BCUT2D eigenvalue weighted by molar-refractivity contribution is 0.0526. The van der Waals surface area contributed by atoms with E-state index in [1.54, 1.807) is 19.1 Å². The molecule has 0 aromatic heterocycles. The predicted octanol–water partition coefficient (Wildman–Crippen LogP) is 6.07. The van der Waals surface area contributed by atoms with E-state index >= 15 is 0 Å². The summed E-state index contributed by atoms with van der Waals surface area (Å²) in [5, 5.41) is 10.2. The Hall–Kier alpha value is -2.73. The summed E-state index contributed by atoms with van der Waals surface area (Å²) in [4.78, 5) is 11.7. The van der Waals surface area contributed by atoms with Gasteiger partial charge in [-0.2, -0.15) is 0 Å². The third-order valence-electron chi connectivity index (χ3n) is 5.02. The molecule has 0 spiro atoms. The van der Waals surface area contributed by atoms with Gasteiger partial charge in [-0.1, -0.05) is 58.6 Å². The van der Waals surface area contributed by atoms with Gasteiger partial charge in [0.25, 0.3) is 0 Å². The van der Waals surface area contributed by atoms with Crippen LogP contribution in [0.15, 0.2) is 42.5 Å². The molecule has 0 unspecified atom stereocenters. The zero-order chi connectivity index (χ0) is 21.7. The molecule has 0 saturated heterocycles. The van der Waals surface area contributed by atoms with Gasteiger partial charge in [0.1, 0.15) is 5.75 Å². The topological polar surface area (TPSA) is 46.5 Å². The minimum absolute atomic E-state index is 0.0250. The van der Waals surface area contributed by atoms with Gasteiger partial charge in [0.05, 0.1) is 17.7 Å². The molecule has 29 heavy (non-hydrogen) atoms. The number of rotatable bonds is 5. The number of hydrogen-bond acceptors (Lipinski definition) is 3. The summed E-state index contributed by atoms with van der Waals surface area (Å²) in [5.41, 5.74) is 3.42. The molecule has 0 aliphatic heterocycles. The quantitative estimate of drug-likeness (QED) is 0.496. The highest BCUT2D eigenvalue weighted by molar-refractivity contribution is 5.90. The number of carbonyl (C=O) groups is 1. The molecule has 2 aromatic rings. The Morgan fingerprint density at radius 2 is 1.62 bits per heavy atom. The average molecular weight is 393 g/mol. The SMILES string of the molecule is CCOC(=O)c1ccc(C#Cc2ccc(C(C)(C)CCC(C)(C)C)cc2)c(O)c1. The van der Waals surface area contributed by atoms with Crippen molar-refractivity contribution in [3.05, 3.63) is 64.7 Å². The number of benzene rings is 2. The van der Waals surface area contributed by atoms with Crippen molar-refractivity contribution in [2.24, 2.45) is 5.41 Å². The third-order valence-corrected chi connectivity index (χ3v) is 5.02. The van der Waals surface area contributed by atoms with Crippen LogP contribution in [0.25, 0.3) is 0 Å². The van der Waals surface area contributed by atoms with Crippen LogP contribution >= 0.6 is 0 Å². The van der Waals surface area contributed by atoms with Gasteiger partial charge < -0.3 is 9.84 Å².